The topological polar surface area (TPSA) is 160 Å². The van der Waals surface area contributed by atoms with E-state index in [2.05, 4.69) is 72.4 Å². The smallest absolute Gasteiger partial charge is 0.338 e. The largest absolute Gasteiger partial charge is 0.493 e. The summed E-state index contributed by atoms with van der Waals surface area (Å²) < 4.78 is 24.3. The van der Waals surface area contributed by atoms with E-state index in [0.717, 1.165) is 12.7 Å². The normalized spacial score (nSPS) is 14.2. The summed E-state index contributed by atoms with van der Waals surface area (Å²) >= 11 is 4.37. The van der Waals surface area contributed by atoms with E-state index in [4.69, 9.17) is 24.2 Å². The molecule has 0 radical (unpaired) electrons. The van der Waals surface area contributed by atoms with E-state index in [1.54, 1.807) is 44.2 Å². The summed E-state index contributed by atoms with van der Waals surface area (Å²) in [5.74, 6) is 0.0932. The van der Waals surface area contributed by atoms with Crippen molar-refractivity contribution in [3.63, 3.8) is 0 Å². The fraction of sp³-hybridized carbons (Fsp3) is 0.219. The van der Waals surface area contributed by atoms with Crippen molar-refractivity contribution in [1.82, 2.24) is 16.1 Å². The molecule has 14 heteroatoms. The number of carbonyl (C=O) groups is 3. The number of hydrogen-bond acceptors (Lipinski definition) is 9. The SMILES string of the molecule is CCOC(=O)C1=C(C)NC(=O)N[C@H]1c1ccc(OCC(=O)N/N=C/c2cc(I)cc(I)c2OCc2ccc(C#N)cc2)c(OC)c1. The quantitative estimate of drug-likeness (QED) is 0.0986. The van der Waals surface area contributed by atoms with Crippen LogP contribution in [0.4, 0.5) is 4.79 Å². The molecule has 0 bridgehead atoms. The lowest BCUT2D eigenvalue weighted by atomic mass is 9.95. The molecule has 0 aliphatic carbocycles. The van der Waals surface area contributed by atoms with Crippen LogP contribution in [0.25, 0.3) is 0 Å². The first-order chi connectivity index (χ1) is 22.1. The molecule has 0 fully saturated rings. The van der Waals surface area contributed by atoms with Crippen LogP contribution in [0, 0.1) is 18.5 Å². The van der Waals surface area contributed by atoms with Crippen LogP contribution < -0.4 is 30.3 Å². The number of hydrogen-bond donors (Lipinski definition) is 3. The number of halogens is 2. The zero-order chi connectivity index (χ0) is 33.2. The molecule has 3 N–H and O–H groups in total. The van der Waals surface area contributed by atoms with Gasteiger partial charge in [-0.25, -0.2) is 15.0 Å². The van der Waals surface area contributed by atoms with E-state index >= 15 is 0 Å². The molecule has 3 aromatic rings. The van der Waals surface area contributed by atoms with Crippen LogP contribution in [0.5, 0.6) is 17.2 Å². The molecular weight excluding hydrogens is 820 g/mol. The van der Waals surface area contributed by atoms with E-state index in [-0.39, 0.29) is 31.1 Å². The van der Waals surface area contributed by atoms with Gasteiger partial charge in [-0.2, -0.15) is 10.4 Å². The predicted molar refractivity (Wildman–Crippen MR) is 185 cm³/mol. The van der Waals surface area contributed by atoms with Crippen molar-refractivity contribution in [3.8, 4) is 23.3 Å². The lowest BCUT2D eigenvalue weighted by Crippen LogP contribution is -2.45. The van der Waals surface area contributed by atoms with Gasteiger partial charge in [-0.3, -0.25) is 4.79 Å². The maximum Gasteiger partial charge on any atom is 0.338 e. The van der Waals surface area contributed by atoms with Gasteiger partial charge in [-0.15, -0.1) is 0 Å². The van der Waals surface area contributed by atoms with Crippen molar-refractivity contribution in [2.75, 3.05) is 20.3 Å². The zero-order valence-electron chi connectivity index (χ0n) is 25.0. The van der Waals surface area contributed by atoms with Gasteiger partial charge in [0.05, 0.1) is 46.7 Å². The van der Waals surface area contributed by atoms with Crippen LogP contribution in [0.15, 0.2) is 71.0 Å². The van der Waals surface area contributed by atoms with Gasteiger partial charge < -0.3 is 29.6 Å². The zero-order valence-corrected chi connectivity index (χ0v) is 29.3. The van der Waals surface area contributed by atoms with Crippen LogP contribution >= 0.6 is 45.2 Å². The summed E-state index contributed by atoms with van der Waals surface area (Å²) in [6.07, 6.45) is 1.50. The Labute approximate surface area is 292 Å². The molecule has 0 spiro atoms. The van der Waals surface area contributed by atoms with Gasteiger partial charge in [0, 0.05) is 14.8 Å². The van der Waals surface area contributed by atoms with E-state index in [9.17, 15) is 14.4 Å². The number of benzene rings is 3. The number of hydrazone groups is 1. The minimum absolute atomic E-state index is 0.178. The van der Waals surface area contributed by atoms with Gasteiger partial charge in [-0.1, -0.05) is 18.2 Å². The first-order valence-electron chi connectivity index (χ1n) is 13.8. The second-order valence-electron chi connectivity index (χ2n) is 9.69. The minimum Gasteiger partial charge on any atom is -0.493 e. The number of esters is 1. The number of urea groups is 1. The number of methoxy groups -OCH3 is 1. The van der Waals surface area contributed by atoms with Crippen molar-refractivity contribution in [3.05, 3.63) is 95.3 Å². The Kier molecular flexibility index (Phi) is 12.2. The molecule has 0 saturated carbocycles. The van der Waals surface area contributed by atoms with E-state index < -0.39 is 23.9 Å². The number of nitrogens with zero attached hydrogens (tertiary/aromatic N) is 2. The molecule has 46 heavy (non-hydrogen) atoms. The maximum atomic E-state index is 12.6. The van der Waals surface area contributed by atoms with Crippen molar-refractivity contribution in [2.45, 2.75) is 26.5 Å². The number of nitrogens with one attached hydrogen (secondary N) is 3. The van der Waals surface area contributed by atoms with Crippen LogP contribution in [0.2, 0.25) is 0 Å². The lowest BCUT2D eigenvalue weighted by Gasteiger charge is -2.28. The first-order valence-corrected chi connectivity index (χ1v) is 16.0. The highest BCUT2D eigenvalue weighted by Gasteiger charge is 2.32. The third kappa shape index (κ3) is 8.88. The van der Waals surface area contributed by atoms with E-state index in [1.807, 2.05) is 24.3 Å². The van der Waals surface area contributed by atoms with Gasteiger partial charge in [0.1, 0.15) is 12.4 Å². The third-order valence-corrected chi connectivity index (χ3v) is 7.96. The van der Waals surface area contributed by atoms with Crippen LogP contribution in [-0.2, 0) is 20.9 Å². The van der Waals surface area contributed by atoms with Crippen molar-refractivity contribution < 1.29 is 33.3 Å². The van der Waals surface area contributed by atoms with Crippen LogP contribution in [-0.4, -0.2) is 44.4 Å². The summed E-state index contributed by atoms with van der Waals surface area (Å²) in [6, 6.07) is 16.7. The van der Waals surface area contributed by atoms with Crippen molar-refractivity contribution in [1.29, 1.82) is 5.26 Å². The number of rotatable bonds is 12. The van der Waals surface area contributed by atoms with Gasteiger partial charge in [0.25, 0.3) is 5.91 Å². The molecule has 0 aromatic heterocycles. The Bertz CT molecular complexity index is 1740. The molecule has 1 aliphatic rings. The molecule has 0 unspecified atom stereocenters. The number of ether oxygens (including phenoxy) is 4. The Morgan fingerprint density at radius 2 is 1.85 bits per heavy atom. The Hall–Kier alpha value is -4.37. The fourth-order valence-electron chi connectivity index (χ4n) is 4.42. The first kappa shape index (κ1) is 34.5. The average molecular weight is 849 g/mol. The van der Waals surface area contributed by atoms with Crippen LogP contribution in [0.3, 0.4) is 0 Å². The van der Waals surface area contributed by atoms with Gasteiger partial charge in [0.15, 0.2) is 18.1 Å². The Balaban J connectivity index is 1.41. The summed E-state index contributed by atoms with van der Waals surface area (Å²) in [7, 11) is 1.44. The van der Waals surface area contributed by atoms with E-state index in [1.165, 1.54) is 13.3 Å². The summed E-state index contributed by atoms with van der Waals surface area (Å²) in [5.41, 5.74) is 5.79. The second kappa shape index (κ2) is 16.3. The maximum absolute atomic E-state index is 12.6. The molecule has 238 valence electrons. The monoisotopic (exact) mass is 849 g/mol. The Morgan fingerprint density at radius 3 is 2.54 bits per heavy atom. The summed E-state index contributed by atoms with van der Waals surface area (Å²) in [5, 5.41) is 18.4. The molecule has 1 heterocycles. The van der Waals surface area contributed by atoms with Gasteiger partial charge in [0.2, 0.25) is 0 Å². The van der Waals surface area contributed by atoms with Gasteiger partial charge >= 0.3 is 12.0 Å². The van der Waals surface area contributed by atoms with Crippen molar-refractivity contribution >= 4 is 69.3 Å². The highest BCUT2D eigenvalue weighted by molar-refractivity contribution is 14.1. The third-order valence-electron chi connectivity index (χ3n) is 6.54. The molecule has 3 aromatic carbocycles. The average Bonchev–Trinajstić information content (AvgIpc) is 3.03. The highest BCUT2D eigenvalue weighted by atomic mass is 127. The molecular formula is C32H29I2N5O7. The minimum atomic E-state index is -0.782. The Morgan fingerprint density at radius 1 is 1.09 bits per heavy atom. The summed E-state index contributed by atoms with van der Waals surface area (Å²) in [4.78, 5) is 37.4. The lowest BCUT2D eigenvalue weighted by molar-refractivity contribution is -0.139. The fourth-order valence-corrected chi connectivity index (χ4v) is 6.46. The molecule has 12 nitrogen and oxygen atoms in total. The molecule has 1 aliphatic heterocycles. The molecule has 1 atom stereocenters. The molecule has 3 amide bonds. The summed E-state index contributed by atoms with van der Waals surface area (Å²) in [6.45, 7) is 3.42. The molecule has 4 rings (SSSR count). The standard InChI is InChI=1S/C32H29I2N5O7/c1-4-44-31(41)28-18(2)37-32(42)38-29(28)21-9-10-25(26(12-21)43-3)45-17-27(40)39-36-15-22-11-23(33)13-24(34)30(22)46-16-20-7-5-19(14-35)6-8-20/h5-13,15,29H,4,16-17H2,1-3H3,(H,39,40)(H2,37,38,42)/b36-15+/t29-/m0/s1. The molecule has 0 saturated heterocycles. The number of carbonyl (C=O) groups excluding carboxylic acids is 3. The van der Waals surface area contributed by atoms with E-state index in [0.29, 0.717) is 33.9 Å². The predicted octanol–water partition coefficient (Wildman–Crippen LogP) is 5.08. The number of amides is 3. The highest BCUT2D eigenvalue weighted by Crippen LogP contribution is 2.34. The number of nitriles is 1. The second-order valence-corrected chi connectivity index (χ2v) is 12.1. The number of allylic oxidation sites excluding steroid dienone is 1. The van der Waals surface area contributed by atoms with Crippen molar-refractivity contribution in [2.24, 2.45) is 5.10 Å². The van der Waals surface area contributed by atoms with Crippen LogP contribution in [0.1, 0.15) is 42.1 Å². The van der Waals surface area contributed by atoms with Gasteiger partial charge in [-0.05, 0) is 107 Å².